The summed E-state index contributed by atoms with van der Waals surface area (Å²) in [5, 5.41) is 0. The van der Waals surface area contributed by atoms with Crippen LogP contribution in [0, 0.1) is 12.3 Å². The summed E-state index contributed by atoms with van der Waals surface area (Å²) in [5.41, 5.74) is 7.56. The quantitative estimate of drug-likeness (QED) is 0.554. The third-order valence-electron chi connectivity index (χ3n) is 2.43. The topological polar surface area (TPSA) is 38.5 Å². The van der Waals surface area contributed by atoms with Crippen LogP contribution >= 0.6 is 0 Å². The normalized spacial score (nSPS) is 18.9. The molecule has 0 bridgehead atoms. The fourth-order valence-corrected chi connectivity index (χ4v) is 1.88. The minimum atomic E-state index is 0.146. The Hall–Kier alpha value is -1.82. The van der Waals surface area contributed by atoms with Crippen LogP contribution in [0.4, 0.5) is 11.4 Å². The highest BCUT2D eigenvalue weighted by Gasteiger charge is 2.23. The van der Waals surface area contributed by atoms with E-state index in [1.807, 2.05) is 25.1 Å². The van der Waals surface area contributed by atoms with E-state index in [0.29, 0.717) is 6.54 Å². The highest BCUT2D eigenvalue weighted by molar-refractivity contribution is 5.76. The average molecular weight is 202 g/mol. The fraction of sp³-hybridized carbons (Fsp3) is 0.333. The van der Waals surface area contributed by atoms with Crippen molar-refractivity contribution in [1.29, 1.82) is 0 Å². The maximum atomic E-state index is 5.92. The number of hydrogen-bond acceptors (Lipinski definition) is 3. The molecule has 1 aliphatic heterocycles. The predicted molar refractivity (Wildman–Crippen MR) is 62.0 cm³/mol. The van der Waals surface area contributed by atoms with E-state index in [1.54, 1.807) is 0 Å². The summed E-state index contributed by atoms with van der Waals surface area (Å²) in [5.74, 6) is 3.46. The zero-order valence-electron chi connectivity index (χ0n) is 8.73. The fourth-order valence-electron chi connectivity index (χ4n) is 1.88. The van der Waals surface area contributed by atoms with Crippen LogP contribution in [0.25, 0.3) is 0 Å². The second-order valence-corrected chi connectivity index (χ2v) is 3.71. The number of nitrogen functional groups attached to an aromatic ring is 1. The molecule has 0 saturated carbocycles. The monoisotopic (exact) mass is 202 g/mol. The van der Waals surface area contributed by atoms with E-state index in [4.69, 9.17) is 16.9 Å². The van der Waals surface area contributed by atoms with E-state index < -0.39 is 0 Å². The number of terminal acetylenes is 1. The van der Waals surface area contributed by atoms with Crippen molar-refractivity contribution in [3.8, 4) is 18.1 Å². The van der Waals surface area contributed by atoms with Gasteiger partial charge in [-0.2, -0.15) is 0 Å². The zero-order chi connectivity index (χ0) is 10.8. The second kappa shape index (κ2) is 3.74. The van der Waals surface area contributed by atoms with E-state index in [9.17, 15) is 0 Å². The van der Waals surface area contributed by atoms with E-state index >= 15 is 0 Å². The Morgan fingerprint density at radius 2 is 2.47 bits per heavy atom. The van der Waals surface area contributed by atoms with Gasteiger partial charge in [0, 0.05) is 0 Å². The summed E-state index contributed by atoms with van der Waals surface area (Å²) < 4.78 is 5.70. The largest absolute Gasteiger partial charge is 0.487 e. The first-order chi connectivity index (χ1) is 7.22. The predicted octanol–water partition coefficient (Wildman–Crippen LogP) is 1.49. The molecule has 0 radical (unpaired) electrons. The lowest BCUT2D eigenvalue weighted by Gasteiger charge is -2.34. The van der Waals surface area contributed by atoms with Crippen molar-refractivity contribution in [1.82, 2.24) is 0 Å². The summed E-state index contributed by atoms with van der Waals surface area (Å²) in [6, 6.07) is 5.67. The molecule has 2 N–H and O–H groups in total. The third kappa shape index (κ3) is 1.71. The Labute approximate surface area is 89.8 Å². The SMILES string of the molecule is C#CCN1CC(C)Oc2cccc(N)c21. The maximum Gasteiger partial charge on any atom is 0.145 e. The summed E-state index contributed by atoms with van der Waals surface area (Å²) in [6.45, 7) is 3.37. The molecule has 1 atom stereocenters. The molecule has 78 valence electrons. The molecule has 0 fully saturated rings. The van der Waals surface area contributed by atoms with Gasteiger partial charge < -0.3 is 15.4 Å². The molecule has 1 heterocycles. The van der Waals surface area contributed by atoms with Crippen LogP contribution in [-0.2, 0) is 0 Å². The van der Waals surface area contributed by atoms with Crippen molar-refractivity contribution < 1.29 is 4.74 Å². The Morgan fingerprint density at radius 3 is 3.20 bits per heavy atom. The van der Waals surface area contributed by atoms with Gasteiger partial charge in [0.05, 0.1) is 18.8 Å². The van der Waals surface area contributed by atoms with Gasteiger partial charge in [-0.15, -0.1) is 6.42 Å². The molecule has 0 spiro atoms. The molecular formula is C12H14N2O. The number of fused-ring (bicyclic) bond motifs is 1. The average Bonchev–Trinajstić information content (AvgIpc) is 2.17. The van der Waals surface area contributed by atoms with Crippen LogP contribution < -0.4 is 15.4 Å². The van der Waals surface area contributed by atoms with Crippen molar-refractivity contribution in [3.63, 3.8) is 0 Å². The van der Waals surface area contributed by atoms with E-state index in [-0.39, 0.29) is 6.10 Å². The van der Waals surface area contributed by atoms with Crippen molar-refractivity contribution in [2.45, 2.75) is 13.0 Å². The van der Waals surface area contributed by atoms with Gasteiger partial charge in [0.15, 0.2) is 0 Å². The van der Waals surface area contributed by atoms with Crippen LogP contribution in [0.5, 0.6) is 5.75 Å². The van der Waals surface area contributed by atoms with Crippen molar-refractivity contribution in [2.75, 3.05) is 23.7 Å². The first-order valence-corrected chi connectivity index (χ1v) is 4.96. The molecule has 1 aromatic rings. The molecule has 1 aliphatic rings. The minimum Gasteiger partial charge on any atom is -0.487 e. The van der Waals surface area contributed by atoms with Gasteiger partial charge >= 0.3 is 0 Å². The van der Waals surface area contributed by atoms with Crippen LogP contribution in [0.3, 0.4) is 0 Å². The molecule has 1 aromatic carbocycles. The Kier molecular flexibility index (Phi) is 2.42. The summed E-state index contributed by atoms with van der Waals surface area (Å²) in [4.78, 5) is 2.08. The van der Waals surface area contributed by atoms with Crippen LogP contribution in [0.15, 0.2) is 18.2 Å². The number of benzene rings is 1. The lowest BCUT2D eigenvalue weighted by atomic mass is 10.1. The first-order valence-electron chi connectivity index (χ1n) is 4.96. The zero-order valence-corrected chi connectivity index (χ0v) is 8.73. The summed E-state index contributed by atoms with van der Waals surface area (Å²) >= 11 is 0. The molecular weight excluding hydrogens is 188 g/mol. The Bertz CT molecular complexity index is 409. The summed E-state index contributed by atoms with van der Waals surface area (Å²) in [7, 11) is 0. The number of nitrogens with two attached hydrogens (primary N) is 1. The molecule has 0 amide bonds. The molecule has 1 unspecified atom stereocenters. The van der Waals surface area contributed by atoms with Crippen molar-refractivity contribution in [3.05, 3.63) is 18.2 Å². The molecule has 3 heteroatoms. The summed E-state index contributed by atoms with van der Waals surface area (Å²) in [6.07, 6.45) is 5.48. The number of hydrogen-bond donors (Lipinski definition) is 1. The highest BCUT2D eigenvalue weighted by Crippen LogP contribution is 2.37. The number of nitrogens with zero attached hydrogens (tertiary/aromatic N) is 1. The standard InChI is InChI=1S/C12H14N2O/c1-3-7-14-8-9(2)15-11-6-4-5-10(13)12(11)14/h1,4-6,9H,7-8,13H2,2H3. The van der Waals surface area contributed by atoms with Gasteiger partial charge in [0.25, 0.3) is 0 Å². The lowest BCUT2D eigenvalue weighted by Crippen LogP contribution is -2.39. The molecule has 0 saturated heterocycles. The van der Waals surface area contributed by atoms with Gasteiger partial charge in [-0.05, 0) is 19.1 Å². The Morgan fingerprint density at radius 1 is 1.67 bits per heavy atom. The smallest absolute Gasteiger partial charge is 0.145 e. The van der Waals surface area contributed by atoms with Gasteiger partial charge in [-0.3, -0.25) is 0 Å². The minimum absolute atomic E-state index is 0.146. The molecule has 0 aromatic heterocycles. The highest BCUT2D eigenvalue weighted by atomic mass is 16.5. The van der Waals surface area contributed by atoms with E-state index in [0.717, 1.165) is 23.7 Å². The third-order valence-corrected chi connectivity index (χ3v) is 2.43. The van der Waals surface area contributed by atoms with Gasteiger partial charge in [0.1, 0.15) is 17.5 Å². The van der Waals surface area contributed by atoms with Crippen LogP contribution in [0.1, 0.15) is 6.92 Å². The van der Waals surface area contributed by atoms with E-state index in [2.05, 4.69) is 10.8 Å². The van der Waals surface area contributed by atoms with Crippen molar-refractivity contribution >= 4 is 11.4 Å². The van der Waals surface area contributed by atoms with Crippen molar-refractivity contribution in [2.24, 2.45) is 0 Å². The second-order valence-electron chi connectivity index (χ2n) is 3.71. The van der Waals surface area contributed by atoms with Gasteiger partial charge in [0.2, 0.25) is 0 Å². The first kappa shape index (κ1) is 9.72. The number of anilines is 2. The number of ether oxygens (including phenoxy) is 1. The van der Waals surface area contributed by atoms with Gasteiger partial charge in [-0.1, -0.05) is 12.0 Å². The Balaban J connectivity index is 2.44. The molecule has 0 aliphatic carbocycles. The molecule has 15 heavy (non-hydrogen) atoms. The number of rotatable bonds is 1. The molecule has 2 rings (SSSR count). The van der Waals surface area contributed by atoms with Gasteiger partial charge in [-0.25, -0.2) is 0 Å². The molecule has 3 nitrogen and oxygen atoms in total. The van der Waals surface area contributed by atoms with Crippen LogP contribution in [-0.4, -0.2) is 19.2 Å². The van der Waals surface area contributed by atoms with E-state index in [1.165, 1.54) is 0 Å². The maximum absolute atomic E-state index is 5.92. The number of para-hydroxylation sites is 1. The lowest BCUT2D eigenvalue weighted by molar-refractivity contribution is 0.214. The van der Waals surface area contributed by atoms with Crippen LogP contribution in [0.2, 0.25) is 0 Å².